The zero-order valence-corrected chi connectivity index (χ0v) is 30.0. The van der Waals surface area contributed by atoms with E-state index in [-0.39, 0.29) is 23.7 Å². The second-order valence-corrected chi connectivity index (χ2v) is 14.9. The SMILES string of the molecule is CC(C)c1cccc(C(C)C)c1-n1c(=NN2c3ccccc3Sc3ccccc32)n(-c2c(C(C)C)cccc2C(C)C)c2nccnc21. The molecule has 4 aromatic carbocycles. The van der Waals surface area contributed by atoms with E-state index in [0.29, 0.717) is 0 Å². The fourth-order valence-electron chi connectivity index (χ4n) is 6.85. The maximum Gasteiger partial charge on any atom is 0.240 e. The van der Waals surface area contributed by atoms with Crippen LogP contribution in [-0.2, 0) is 0 Å². The summed E-state index contributed by atoms with van der Waals surface area (Å²) in [5.41, 5.74) is 11.7. The summed E-state index contributed by atoms with van der Waals surface area (Å²) in [6, 6.07) is 30.5. The van der Waals surface area contributed by atoms with E-state index in [2.05, 4.69) is 154 Å². The molecule has 244 valence electrons. The Morgan fingerprint density at radius 2 is 0.875 bits per heavy atom. The number of aromatic nitrogens is 4. The Bertz CT molecular complexity index is 2000. The maximum atomic E-state index is 5.76. The third-order valence-corrected chi connectivity index (χ3v) is 10.3. The molecule has 2 aromatic heterocycles. The van der Waals surface area contributed by atoms with Crippen LogP contribution in [0, 0.1) is 0 Å². The van der Waals surface area contributed by atoms with Crippen LogP contribution in [0.15, 0.2) is 112 Å². The topological polar surface area (TPSA) is 51.2 Å². The molecule has 3 heterocycles. The molecule has 0 fully saturated rings. The van der Waals surface area contributed by atoms with Gasteiger partial charge in [0.1, 0.15) is 0 Å². The van der Waals surface area contributed by atoms with Crippen molar-refractivity contribution in [3.05, 3.63) is 125 Å². The van der Waals surface area contributed by atoms with Gasteiger partial charge in [-0.05, 0) is 70.2 Å². The Kier molecular flexibility index (Phi) is 8.50. The van der Waals surface area contributed by atoms with Gasteiger partial charge in [-0.25, -0.2) is 15.0 Å². The quantitative estimate of drug-likeness (QED) is 0.172. The molecule has 0 atom stereocenters. The molecule has 7 heteroatoms. The number of anilines is 2. The molecule has 0 saturated heterocycles. The predicted octanol–water partition coefficient (Wildman–Crippen LogP) is 10.8. The molecule has 7 rings (SSSR count). The van der Waals surface area contributed by atoms with Gasteiger partial charge in [0.25, 0.3) is 0 Å². The standard InChI is InChI=1S/C41H44N6S/c1-25(2)29-15-13-16-30(26(3)4)37(29)45-39-40(43-24-23-42-39)46(38-31(27(5)6)17-14-18-32(38)28(7)8)41(45)44-47-33-19-9-11-21-35(33)48-36-22-12-10-20-34(36)47/h9-28H,1-8H3. The van der Waals surface area contributed by atoms with Gasteiger partial charge in [0.05, 0.1) is 22.7 Å². The molecule has 1 aliphatic heterocycles. The highest BCUT2D eigenvalue weighted by Gasteiger charge is 2.29. The highest BCUT2D eigenvalue weighted by atomic mass is 32.2. The lowest BCUT2D eigenvalue weighted by Gasteiger charge is -2.29. The number of imidazole rings is 1. The van der Waals surface area contributed by atoms with Crippen LogP contribution in [0.5, 0.6) is 0 Å². The van der Waals surface area contributed by atoms with E-state index in [9.17, 15) is 0 Å². The summed E-state index contributed by atoms with van der Waals surface area (Å²) in [6.07, 6.45) is 3.61. The Hall–Kier alpha value is -4.62. The lowest BCUT2D eigenvalue weighted by atomic mass is 9.92. The number of nitrogens with zero attached hydrogens (tertiary/aromatic N) is 6. The van der Waals surface area contributed by atoms with Crippen LogP contribution >= 0.6 is 11.8 Å². The highest BCUT2D eigenvalue weighted by molar-refractivity contribution is 7.99. The van der Waals surface area contributed by atoms with Gasteiger partial charge < -0.3 is 0 Å². The molecule has 0 radical (unpaired) electrons. The van der Waals surface area contributed by atoms with Gasteiger partial charge in [0, 0.05) is 22.2 Å². The van der Waals surface area contributed by atoms with E-state index >= 15 is 0 Å². The third kappa shape index (κ3) is 5.34. The monoisotopic (exact) mass is 652 g/mol. The number of fused-ring (bicyclic) bond motifs is 3. The molecule has 0 N–H and O–H groups in total. The van der Waals surface area contributed by atoms with E-state index in [1.54, 1.807) is 24.2 Å². The molecule has 0 saturated carbocycles. The van der Waals surface area contributed by atoms with E-state index in [0.717, 1.165) is 39.7 Å². The zero-order chi connectivity index (χ0) is 33.7. The van der Waals surface area contributed by atoms with Crippen molar-refractivity contribution in [2.45, 2.75) is 88.9 Å². The molecule has 6 nitrogen and oxygen atoms in total. The fourth-order valence-corrected chi connectivity index (χ4v) is 7.90. The van der Waals surface area contributed by atoms with Crippen molar-refractivity contribution in [2.75, 3.05) is 5.01 Å². The molecule has 0 unspecified atom stereocenters. The molecule has 1 aliphatic rings. The lowest BCUT2D eigenvalue weighted by molar-refractivity contribution is 0.751. The first-order valence-electron chi connectivity index (χ1n) is 17.1. The molecular formula is C41H44N6S. The summed E-state index contributed by atoms with van der Waals surface area (Å²) in [6.45, 7) is 18.1. The number of hydrogen-bond acceptors (Lipinski definition) is 5. The van der Waals surface area contributed by atoms with Crippen molar-refractivity contribution in [3.63, 3.8) is 0 Å². The number of benzene rings is 4. The minimum Gasteiger partial charge on any atom is -0.259 e. The van der Waals surface area contributed by atoms with Gasteiger partial charge in [-0.2, -0.15) is 0 Å². The average Bonchev–Trinajstić information content (AvgIpc) is 3.40. The average molecular weight is 653 g/mol. The summed E-state index contributed by atoms with van der Waals surface area (Å²) >= 11 is 1.79. The molecule has 0 bridgehead atoms. The smallest absolute Gasteiger partial charge is 0.240 e. The number of rotatable bonds is 7. The lowest BCUT2D eigenvalue weighted by Crippen LogP contribution is -2.31. The maximum absolute atomic E-state index is 5.76. The first-order chi connectivity index (χ1) is 23.2. The Morgan fingerprint density at radius 3 is 1.25 bits per heavy atom. The van der Waals surface area contributed by atoms with E-state index in [1.807, 2.05) is 0 Å². The summed E-state index contributed by atoms with van der Waals surface area (Å²) < 4.78 is 4.59. The van der Waals surface area contributed by atoms with Gasteiger partial charge in [-0.3, -0.25) is 9.13 Å². The summed E-state index contributed by atoms with van der Waals surface area (Å²) in [7, 11) is 0. The molecule has 48 heavy (non-hydrogen) atoms. The van der Waals surface area contributed by atoms with E-state index in [1.165, 1.54) is 32.0 Å². The van der Waals surface area contributed by atoms with Crippen molar-refractivity contribution in [1.82, 2.24) is 19.1 Å². The second kappa shape index (κ2) is 12.8. The van der Waals surface area contributed by atoms with Crippen molar-refractivity contribution < 1.29 is 0 Å². The zero-order valence-electron chi connectivity index (χ0n) is 29.1. The van der Waals surface area contributed by atoms with Crippen LogP contribution < -0.4 is 10.6 Å². The van der Waals surface area contributed by atoms with Crippen LogP contribution in [0.3, 0.4) is 0 Å². The summed E-state index contributed by atoms with van der Waals surface area (Å²) in [4.78, 5) is 12.5. The normalized spacial score (nSPS) is 12.8. The molecule has 0 amide bonds. The van der Waals surface area contributed by atoms with Crippen LogP contribution in [0.25, 0.3) is 22.7 Å². The van der Waals surface area contributed by atoms with Crippen LogP contribution in [0.4, 0.5) is 11.4 Å². The fraction of sp³-hybridized carbons (Fsp3) is 0.293. The summed E-state index contributed by atoms with van der Waals surface area (Å²) in [5, 5.41) is 7.89. The first kappa shape index (κ1) is 32.0. The van der Waals surface area contributed by atoms with E-state index in [4.69, 9.17) is 15.1 Å². The van der Waals surface area contributed by atoms with Crippen molar-refractivity contribution in [2.24, 2.45) is 5.10 Å². The Morgan fingerprint density at radius 1 is 0.500 bits per heavy atom. The minimum atomic E-state index is 0.274. The highest BCUT2D eigenvalue weighted by Crippen LogP contribution is 2.48. The second-order valence-electron chi connectivity index (χ2n) is 13.8. The van der Waals surface area contributed by atoms with Gasteiger partial charge in [0.15, 0.2) is 11.3 Å². The minimum absolute atomic E-state index is 0.274. The number of hydrogen-bond donors (Lipinski definition) is 0. The molecule has 6 aromatic rings. The largest absolute Gasteiger partial charge is 0.259 e. The molecular weight excluding hydrogens is 609 g/mol. The molecule has 0 aliphatic carbocycles. The van der Waals surface area contributed by atoms with Gasteiger partial charge in [-0.15, -0.1) is 5.10 Å². The first-order valence-corrected chi connectivity index (χ1v) is 17.9. The van der Waals surface area contributed by atoms with Crippen LogP contribution in [0.1, 0.15) is 101 Å². The Balaban J connectivity index is 1.74. The van der Waals surface area contributed by atoms with Crippen LogP contribution in [0.2, 0.25) is 0 Å². The van der Waals surface area contributed by atoms with Crippen molar-refractivity contribution in [1.29, 1.82) is 0 Å². The van der Waals surface area contributed by atoms with Gasteiger partial charge >= 0.3 is 0 Å². The Labute approximate surface area is 288 Å². The van der Waals surface area contributed by atoms with Gasteiger partial charge in [0.2, 0.25) is 5.62 Å². The predicted molar refractivity (Wildman–Crippen MR) is 199 cm³/mol. The van der Waals surface area contributed by atoms with E-state index < -0.39 is 0 Å². The van der Waals surface area contributed by atoms with Crippen molar-refractivity contribution >= 4 is 34.4 Å². The van der Waals surface area contributed by atoms with Crippen LogP contribution in [-0.4, -0.2) is 19.1 Å². The number of para-hydroxylation sites is 4. The van der Waals surface area contributed by atoms with Gasteiger partial charge in [-0.1, -0.05) is 128 Å². The van der Waals surface area contributed by atoms with Crippen molar-refractivity contribution in [3.8, 4) is 11.4 Å². The summed E-state index contributed by atoms with van der Waals surface area (Å²) in [5.74, 6) is 1.10. The third-order valence-electron chi connectivity index (χ3n) is 9.21. The molecule has 0 spiro atoms.